The Kier molecular flexibility index (Phi) is 12.2. The molecule has 3 atom stereocenters. The molecular weight excluding hydrogens is 314 g/mol. The van der Waals surface area contributed by atoms with Gasteiger partial charge in [0.05, 0.1) is 7.11 Å². The van der Waals surface area contributed by atoms with Crippen molar-refractivity contribution in [1.82, 2.24) is 0 Å². The van der Waals surface area contributed by atoms with E-state index in [9.17, 15) is 4.79 Å². The molecule has 1 rings (SSSR count). The summed E-state index contributed by atoms with van der Waals surface area (Å²) < 4.78 is 4.68. The lowest BCUT2D eigenvalue weighted by atomic mass is 9.71. The van der Waals surface area contributed by atoms with E-state index in [-0.39, 0.29) is 12.0 Å². The number of rotatable bonds is 13. The largest absolute Gasteiger partial charge is 0.469 e. The number of hydrogen-bond acceptors (Lipinski definition) is 3. The van der Waals surface area contributed by atoms with Crippen LogP contribution in [-0.2, 0) is 9.53 Å². The number of esters is 1. The van der Waals surface area contributed by atoms with Gasteiger partial charge in [0.2, 0.25) is 0 Å². The fourth-order valence-corrected chi connectivity index (χ4v) is 4.27. The minimum absolute atomic E-state index is 0.108. The zero-order valence-electron chi connectivity index (χ0n) is 16.3. The van der Waals surface area contributed by atoms with Crippen LogP contribution in [0.5, 0.6) is 0 Å². The van der Waals surface area contributed by atoms with Crippen LogP contribution in [0, 0.1) is 11.8 Å². The molecule has 0 heterocycles. The molecule has 0 saturated heterocycles. The van der Waals surface area contributed by atoms with E-state index in [4.69, 9.17) is 5.53 Å². The third-order valence-electron chi connectivity index (χ3n) is 5.70. The van der Waals surface area contributed by atoms with E-state index in [2.05, 4.69) is 21.7 Å². The van der Waals surface area contributed by atoms with Gasteiger partial charge in [-0.3, -0.25) is 4.79 Å². The topological polar surface area (TPSA) is 75.1 Å². The summed E-state index contributed by atoms with van der Waals surface area (Å²) in [5.41, 5.74) is 8.90. The number of azide groups is 1. The fraction of sp³-hybridized carbons (Fsp3) is 0.950. The Bertz CT molecular complexity index is 408. The van der Waals surface area contributed by atoms with E-state index < -0.39 is 0 Å². The van der Waals surface area contributed by atoms with Crippen molar-refractivity contribution in [3.8, 4) is 0 Å². The smallest absolute Gasteiger partial charge is 0.305 e. The zero-order valence-corrected chi connectivity index (χ0v) is 16.3. The average Bonchev–Trinajstić information content (AvgIpc) is 2.63. The lowest BCUT2D eigenvalue weighted by molar-refractivity contribution is -0.140. The van der Waals surface area contributed by atoms with Crippen molar-refractivity contribution < 1.29 is 9.53 Å². The molecule has 0 aromatic rings. The standard InChI is InChI=1S/C20H37N3O2/c1-3-4-5-8-12-17-13-11-15-19(22-23-21)18(17)14-9-6-7-10-16-20(24)25-2/h17-19H,3-16H2,1-2H3/t17-,18+,19-/m1/s1. The lowest BCUT2D eigenvalue weighted by Crippen LogP contribution is -2.31. The highest BCUT2D eigenvalue weighted by Crippen LogP contribution is 2.38. The van der Waals surface area contributed by atoms with Gasteiger partial charge in [-0.2, -0.15) is 0 Å². The van der Waals surface area contributed by atoms with Gasteiger partial charge >= 0.3 is 5.97 Å². The maximum atomic E-state index is 11.1. The Morgan fingerprint density at radius 2 is 1.80 bits per heavy atom. The summed E-state index contributed by atoms with van der Waals surface area (Å²) in [5, 5.41) is 4.13. The van der Waals surface area contributed by atoms with Crippen molar-refractivity contribution in [1.29, 1.82) is 0 Å². The Balaban J connectivity index is 2.38. The molecule has 1 aliphatic rings. The van der Waals surface area contributed by atoms with Crippen molar-refractivity contribution in [2.75, 3.05) is 7.11 Å². The van der Waals surface area contributed by atoms with E-state index in [0.717, 1.165) is 31.6 Å². The van der Waals surface area contributed by atoms with E-state index >= 15 is 0 Å². The highest BCUT2D eigenvalue weighted by atomic mass is 16.5. The Hall–Kier alpha value is -1.22. The maximum Gasteiger partial charge on any atom is 0.305 e. The Morgan fingerprint density at radius 3 is 2.52 bits per heavy atom. The molecule has 0 aromatic carbocycles. The van der Waals surface area contributed by atoms with Crippen LogP contribution in [0.15, 0.2) is 5.11 Å². The molecule has 0 N–H and O–H groups in total. The van der Waals surface area contributed by atoms with Crippen LogP contribution in [-0.4, -0.2) is 19.1 Å². The van der Waals surface area contributed by atoms with Crippen molar-refractivity contribution in [3.63, 3.8) is 0 Å². The fourth-order valence-electron chi connectivity index (χ4n) is 4.27. The van der Waals surface area contributed by atoms with E-state index in [1.165, 1.54) is 64.9 Å². The Labute approximate surface area is 153 Å². The number of methoxy groups -OCH3 is 1. The molecular formula is C20H37N3O2. The van der Waals surface area contributed by atoms with Gasteiger partial charge in [-0.15, -0.1) is 0 Å². The molecule has 1 aliphatic carbocycles. The van der Waals surface area contributed by atoms with Crippen LogP contribution in [0.2, 0.25) is 0 Å². The second kappa shape index (κ2) is 14.0. The van der Waals surface area contributed by atoms with Crippen molar-refractivity contribution in [2.24, 2.45) is 17.0 Å². The van der Waals surface area contributed by atoms with Crippen LogP contribution >= 0.6 is 0 Å². The molecule has 1 saturated carbocycles. The predicted octanol–water partition coefficient (Wildman–Crippen LogP) is 6.57. The highest BCUT2D eigenvalue weighted by Gasteiger charge is 2.31. The molecule has 144 valence electrons. The van der Waals surface area contributed by atoms with Crippen LogP contribution in [0.3, 0.4) is 0 Å². The quantitative estimate of drug-likeness (QED) is 0.124. The molecule has 5 nitrogen and oxygen atoms in total. The Morgan fingerprint density at radius 1 is 1.08 bits per heavy atom. The molecule has 25 heavy (non-hydrogen) atoms. The average molecular weight is 352 g/mol. The van der Waals surface area contributed by atoms with Gasteiger partial charge in [0.25, 0.3) is 0 Å². The van der Waals surface area contributed by atoms with E-state index in [0.29, 0.717) is 12.3 Å². The van der Waals surface area contributed by atoms with Crippen molar-refractivity contribution in [3.05, 3.63) is 10.4 Å². The molecule has 5 heteroatoms. The van der Waals surface area contributed by atoms with Gasteiger partial charge in [-0.1, -0.05) is 76.2 Å². The summed E-state index contributed by atoms with van der Waals surface area (Å²) in [4.78, 5) is 14.2. The number of hydrogen-bond donors (Lipinski definition) is 0. The van der Waals surface area contributed by atoms with Gasteiger partial charge in [0.1, 0.15) is 0 Å². The van der Waals surface area contributed by atoms with E-state index in [1.54, 1.807) is 0 Å². The summed E-state index contributed by atoms with van der Waals surface area (Å²) in [6.07, 6.45) is 16.1. The number of ether oxygens (including phenoxy) is 1. The molecule has 0 spiro atoms. The first-order chi connectivity index (χ1) is 12.2. The minimum atomic E-state index is -0.108. The maximum absolute atomic E-state index is 11.1. The van der Waals surface area contributed by atoms with Gasteiger partial charge in [-0.05, 0) is 36.6 Å². The van der Waals surface area contributed by atoms with E-state index in [1.807, 2.05) is 0 Å². The SMILES string of the molecule is CCCCCC[C@@H]1CCC[C@@H](N=[N+]=[N-])[C@H]1CCCCCCC(=O)OC. The zero-order chi connectivity index (χ0) is 18.3. The number of unbranched alkanes of at least 4 members (excludes halogenated alkanes) is 6. The van der Waals surface area contributed by atoms with Gasteiger partial charge < -0.3 is 4.74 Å². The molecule has 0 amide bonds. The monoisotopic (exact) mass is 351 g/mol. The summed E-state index contributed by atoms with van der Waals surface area (Å²) in [6.45, 7) is 2.25. The minimum Gasteiger partial charge on any atom is -0.469 e. The first-order valence-electron chi connectivity index (χ1n) is 10.3. The van der Waals surface area contributed by atoms with Gasteiger partial charge in [-0.25, -0.2) is 0 Å². The second-order valence-corrected chi connectivity index (χ2v) is 7.51. The van der Waals surface area contributed by atoms with Crippen LogP contribution in [0.4, 0.5) is 0 Å². The van der Waals surface area contributed by atoms with Gasteiger partial charge in [0, 0.05) is 17.4 Å². The predicted molar refractivity (Wildman–Crippen MR) is 102 cm³/mol. The van der Waals surface area contributed by atoms with Crippen LogP contribution < -0.4 is 0 Å². The lowest BCUT2D eigenvalue weighted by Gasteiger charge is -2.36. The molecule has 0 unspecified atom stereocenters. The summed E-state index contributed by atoms with van der Waals surface area (Å²) in [6, 6.07) is 0.199. The molecule has 0 radical (unpaired) electrons. The third-order valence-corrected chi connectivity index (χ3v) is 5.70. The number of carbonyl (C=O) groups excluding carboxylic acids is 1. The summed E-state index contributed by atoms with van der Waals surface area (Å²) in [5.74, 6) is 1.19. The summed E-state index contributed by atoms with van der Waals surface area (Å²) >= 11 is 0. The first kappa shape index (κ1) is 21.8. The number of nitrogens with zero attached hydrogens (tertiary/aromatic N) is 3. The molecule has 1 fully saturated rings. The third kappa shape index (κ3) is 9.15. The second-order valence-electron chi connectivity index (χ2n) is 7.51. The molecule has 0 aromatic heterocycles. The highest BCUT2D eigenvalue weighted by molar-refractivity contribution is 5.68. The molecule has 0 bridgehead atoms. The summed E-state index contributed by atoms with van der Waals surface area (Å²) in [7, 11) is 1.45. The van der Waals surface area contributed by atoms with Crippen LogP contribution in [0.1, 0.15) is 96.8 Å². The normalized spacial score (nSPS) is 23.0. The van der Waals surface area contributed by atoms with Crippen molar-refractivity contribution in [2.45, 2.75) is 103 Å². The van der Waals surface area contributed by atoms with Crippen LogP contribution in [0.25, 0.3) is 10.4 Å². The first-order valence-corrected chi connectivity index (χ1v) is 10.3. The van der Waals surface area contributed by atoms with Gasteiger partial charge in [0.15, 0.2) is 0 Å². The van der Waals surface area contributed by atoms with Crippen molar-refractivity contribution >= 4 is 5.97 Å². The molecule has 0 aliphatic heterocycles. The number of carbonyl (C=O) groups is 1.